The van der Waals surface area contributed by atoms with E-state index >= 15 is 0 Å². The molecule has 0 heterocycles. The fourth-order valence-corrected chi connectivity index (χ4v) is 3.17. The molecule has 1 atom stereocenters. The summed E-state index contributed by atoms with van der Waals surface area (Å²) in [4.78, 5) is 0. The number of methoxy groups -OCH3 is 1. The summed E-state index contributed by atoms with van der Waals surface area (Å²) in [5, 5.41) is 3.39. The average molecular weight is 399 g/mol. The average Bonchev–Trinajstić information content (AvgIpc) is 2.44. The van der Waals surface area contributed by atoms with Gasteiger partial charge in [-0.05, 0) is 61.0 Å². The van der Waals surface area contributed by atoms with Crippen LogP contribution < -0.4 is 10.1 Å². The minimum absolute atomic E-state index is 0.132. The lowest BCUT2D eigenvalue weighted by Crippen LogP contribution is -2.19. The van der Waals surface area contributed by atoms with E-state index in [0.717, 1.165) is 14.7 Å². The SMILES string of the molecule is CNC(c1ccc(OC)cc1C)c1cc(Br)ccc1Br. The van der Waals surface area contributed by atoms with Crippen LogP contribution >= 0.6 is 31.9 Å². The van der Waals surface area contributed by atoms with Crippen LogP contribution in [-0.4, -0.2) is 14.2 Å². The van der Waals surface area contributed by atoms with Gasteiger partial charge >= 0.3 is 0 Å². The van der Waals surface area contributed by atoms with Gasteiger partial charge in [-0.1, -0.05) is 37.9 Å². The summed E-state index contributed by atoms with van der Waals surface area (Å²) in [5.74, 6) is 0.884. The number of nitrogens with one attached hydrogen (secondary N) is 1. The maximum Gasteiger partial charge on any atom is 0.119 e. The lowest BCUT2D eigenvalue weighted by atomic mass is 9.95. The van der Waals surface area contributed by atoms with Crippen LogP contribution in [0.4, 0.5) is 0 Å². The number of halogens is 2. The fourth-order valence-electron chi connectivity index (χ4n) is 2.31. The third kappa shape index (κ3) is 3.25. The van der Waals surface area contributed by atoms with Crippen molar-refractivity contribution in [1.82, 2.24) is 5.32 Å². The molecule has 2 nitrogen and oxygen atoms in total. The first kappa shape index (κ1) is 15.5. The Bertz CT molecular complexity index is 613. The zero-order valence-corrected chi connectivity index (χ0v) is 14.9. The molecule has 0 saturated carbocycles. The van der Waals surface area contributed by atoms with Crippen molar-refractivity contribution >= 4 is 31.9 Å². The molecule has 0 aliphatic carbocycles. The summed E-state index contributed by atoms with van der Waals surface area (Å²) < 4.78 is 7.44. The lowest BCUT2D eigenvalue weighted by molar-refractivity contribution is 0.414. The molecule has 0 amide bonds. The molecule has 4 heteroatoms. The second-order valence-corrected chi connectivity index (χ2v) is 6.38. The molecule has 0 aliphatic rings. The first-order valence-corrected chi connectivity index (χ1v) is 7.92. The molecule has 1 unspecified atom stereocenters. The van der Waals surface area contributed by atoms with Gasteiger partial charge in [-0.15, -0.1) is 0 Å². The van der Waals surface area contributed by atoms with Crippen molar-refractivity contribution in [2.45, 2.75) is 13.0 Å². The minimum Gasteiger partial charge on any atom is -0.497 e. The maximum atomic E-state index is 5.27. The third-order valence-corrected chi connectivity index (χ3v) is 4.56. The smallest absolute Gasteiger partial charge is 0.119 e. The maximum absolute atomic E-state index is 5.27. The molecule has 20 heavy (non-hydrogen) atoms. The van der Waals surface area contributed by atoms with Crippen LogP contribution in [0.5, 0.6) is 5.75 Å². The van der Waals surface area contributed by atoms with Crippen molar-refractivity contribution in [3.63, 3.8) is 0 Å². The van der Waals surface area contributed by atoms with Gasteiger partial charge in [0.05, 0.1) is 13.2 Å². The van der Waals surface area contributed by atoms with E-state index in [2.05, 4.69) is 68.4 Å². The lowest BCUT2D eigenvalue weighted by Gasteiger charge is -2.21. The summed E-state index contributed by atoms with van der Waals surface area (Å²) in [6.07, 6.45) is 0. The summed E-state index contributed by atoms with van der Waals surface area (Å²) in [6.45, 7) is 2.11. The van der Waals surface area contributed by atoms with E-state index in [1.807, 2.05) is 19.2 Å². The number of hydrogen-bond donors (Lipinski definition) is 1. The zero-order valence-electron chi connectivity index (χ0n) is 11.7. The minimum atomic E-state index is 0.132. The molecule has 0 saturated heterocycles. The highest BCUT2D eigenvalue weighted by atomic mass is 79.9. The summed E-state index contributed by atoms with van der Waals surface area (Å²) >= 11 is 7.18. The molecule has 2 rings (SSSR count). The Morgan fingerprint density at radius 3 is 2.40 bits per heavy atom. The van der Waals surface area contributed by atoms with E-state index in [4.69, 9.17) is 4.74 Å². The van der Waals surface area contributed by atoms with Gasteiger partial charge in [-0.3, -0.25) is 0 Å². The second kappa shape index (κ2) is 6.74. The standard InChI is InChI=1S/C16H17Br2NO/c1-10-8-12(20-3)5-6-13(10)16(19-2)14-9-11(17)4-7-15(14)18/h4-9,16,19H,1-3H3. The van der Waals surface area contributed by atoms with Crippen LogP contribution in [0, 0.1) is 6.92 Å². The van der Waals surface area contributed by atoms with Crippen molar-refractivity contribution in [3.05, 3.63) is 62.0 Å². The number of benzene rings is 2. The van der Waals surface area contributed by atoms with E-state index < -0.39 is 0 Å². The van der Waals surface area contributed by atoms with Crippen LogP contribution in [0.15, 0.2) is 45.3 Å². The van der Waals surface area contributed by atoms with E-state index in [1.165, 1.54) is 16.7 Å². The molecule has 0 aromatic heterocycles. The number of hydrogen-bond acceptors (Lipinski definition) is 2. The van der Waals surface area contributed by atoms with Crippen LogP contribution in [0.3, 0.4) is 0 Å². The Morgan fingerprint density at radius 2 is 1.80 bits per heavy atom. The molecule has 2 aromatic rings. The van der Waals surface area contributed by atoms with Gasteiger partial charge in [0, 0.05) is 8.95 Å². The molecule has 0 aliphatic heterocycles. The molecule has 0 fully saturated rings. The molecule has 106 valence electrons. The van der Waals surface area contributed by atoms with E-state index in [1.54, 1.807) is 7.11 Å². The first-order chi connectivity index (χ1) is 9.56. The zero-order chi connectivity index (χ0) is 14.7. The van der Waals surface area contributed by atoms with Gasteiger partial charge in [-0.25, -0.2) is 0 Å². The highest BCUT2D eigenvalue weighted by Gasteiger charge is 2.17. The van der Waals surface area contributed by atoms with Gasteiger partial charge in [-0.2, -0.15) is 0 Å². The van der Waals surface area contributed by atoms with Gasteiger partial charge < -0.3 is 10.1 Å². The van der Waals surface area contributed by atoms with Gasteiger partial charge in [0.1, 0.15) is 5.75 Å². The summed E-state index contributed by atoms with van der Waals surface area (Å²) in [5.41, 5.74) is 3.65. The van der Waals surface area contributed by atoms with Crippen molar-refractivity contribution in [2.75, 3.05) is 14.2 Å². The van der Waals surface area contributed by atoms with Crippen molar-refractivity contribution in [1.29, 1.82) is 0 Å². The Labute approximate surface area is 136 Å². The van der Waals surface area contributed by atoms with E-state index in [-0.39, 0.29) is 6.04 Å². The summed E-state index contributed by atoms with van der Waals surface area (Å²) in [6, 6.07) is 12.5. The van der Waals surface area contributed by atoms with Gasteiger partial charge in [0.15, 0.2) is 0 Å². The largest absolute Gasteiger partial charge is 0.497 e. The fraction of sp³-hybridized carbons (Fsp3) is 0.250. The molecular formula is C16H17Br2NO. The predicted molar refractivity (Wildman–Crippen MR) is 90.5 cm³/mol. The van der Waals surface area contributed by atoms with Crippen LogP contribution in [0.1, 0.15) is 22.7 Å². The van der Waals surface area contributed by atoms with Gasteiger partial charge in [0.25, 0.3) is 0 Å². The van der Waals surface area contributed by atoms with Crippen LogP contribution in [0.2, 0.25) is 0 Å². The number of ether oxygens (including phenoxy) is 1. The first-order valence-electron chi connectivity index (χ1n) is 6.33. The Morgan fingerprint density at radius 1 is 1.05 bits per heavy atom. The predicted octanol–water partition coefficient (Wildman–Crippen LogP) is 4.84. The van der Waals surface area contributed by atoms with E-state index in [0.29, 0.717) is 0 Å². The van der Waals surface area contributed by atoms with Crippen molar-refractivity contribution in [3.8, 4) is 5.75 Å². The summed E-state index contributed by atoms with van der Waals surface area (Å²) in [7, 11) is 3.66. The second-order valence-electron chi connectivity index (χ2n) is 4.61. The monoisotopic (exact) mass is 397 g/mol. The molecule has 2 aromatic carbocycles. The van der Waals surface area contributed by atoms with Crippen molar-refractivity contribution < 1.29 is 4.74 Å². The van der Waals surface area contributed by atoms with E-state index in [9.17, 15) is 0 Å². The van der Waals surface area contributed by atoms with Crippen LogP contribution in [-0.2, 0) is 0 Å². The number of aryl methyl sites for hydroxylation is 1. The molecule has 0 spiro atoms. The van der Waals surface area contributed by atoms with Gasteiger partial charge in [0.2, 0.25) is 0 Å². The molecular weight excluding hydrogens is 382 g/mol. The molecule has 1 N–H and O–H groups in total. The molecule has 0 radical (unpaired) electrons. The Hall–Kier alpha value is -0.840. The van der Waals surface area contributed by atoms with Crippen molar-refractivity contribution in [2.24, 2.45) is 0 Å². The normalized spacial score (nSPS) is 12.2. The Balaban J connectivity index is 2.49. The highest BCUT2D eigenvalue weighted by Crippen LogP contribution is 2.33. The Kier molecular flexibility index (Phi) is 5.24. The number of rotatable bonds is 4. The quantitative estimate of drug-likeness (QED) is 0.795. The third-order valence-electron chi connectivity index (χ3n) is 3.35. The van der Waals surface area contributed by atoms with Crippen LogP contribution in [0.25, 0.3) is 0 Å². The topological polar surface area (TPSA) is 21.3 Å². The highest BCUT2D eigenvalue weighted by molar-refractivity contribution is 9.11. The molecule has 0 bridgehead atoms.